The summed E-state index contributed by atoms with van der Waals surface area (Å²) in [6.45, 7) is 5.69. The van der Waals surface area contributed by atoms with Gasteiger partial charge in [-0.1, -0.05) is 19.3 Å². The number of hydrogen-bond acceptors (Lipinski definition) is 2. The fraction of sp³-hybridized carbons (Fsp3) is 0.929. The van der Waals surface area contributed by atoms with Gasteiger partial charge in [0.05, 0.1) is 11.5 Å². The second-order valence-electron chi connectivity index (χ2n) is 5.98. The summed E-state index contributed by atoms with van der Waals surface area (Å²) < 4.78 is 0. The Morgan fingerprint density at radius 2 is 1.81 bits per heavy atom. The molecule has 0 atom stereocenters. The summed E-state index contributed by atoms with van der Waals surface area (Å²) in [7, 11) is 0. The summed E-state index contributed by atoms with van der Waals surface area (Å²) in [5, 5.41) is 9.09. The molecule has 0 N–H and O–H groups in total. The van der Waals surface area contributed by atoms with Gasteiger partial charge in [-0.2, -0.15) is 5.26 Å². The molecule has 2 aliphatic rings. The Kier molecular flexibility index (Phi) is 3.86. The summed E-state index contributed by atoms with van der Waals surface area (Å²) in [5.74, 6) is 0.945. The van der Waals surface area contributed by atoms with Crippen LogP contribution in [0.25, 0.3) is 0 Å². The van der Waals surface area contributed by atoms with E-state index in [-0.39, 0.29) is 5.41 Å². The predicted octanol–water partition coefficient (Wildman–Crippen LogP) is 3.19. The Morgan fingerprint density at radius 1 is 1.19 bits per heavy atom. The van der Waals surface area contributed by atoms with Gasteiger partial charge >= 0.3 is 0 Å². The van der Waals surface area contributed by atoms with Crippen LogP contribution in [0.15, 0.2) is 0 Å². The van der Waals surface area contributed by atoms with Gasteiger partial charge in [0, 0.05) is 6.54 Å². The lowest BCUT2D eigenvalue weighted by molar-refractivity contribution is 0.126. The van der Waals surface area contributed by atoms with Gasteiger partial charge in [0.25, 0.3) is 0 Å². The van der Waals surface area contributed by atoms with Crippen LogP contribution in [0.1, 0.15) is 51.9 Å². The van der Waals surface area contributed by atoms with E-state index < -0.39 is 0 Å². The van der Waals surface area contributed by atoms with Gasteiger partial charge < -0.3 is 4.90 Å². The van der Waals surface area contributed by atoms with Crippen molar-refractivity contribution in [2.75, 3.05) is 19.6 Å². The first-order chi connectivity index (χ1) is 7.72. The average Bonchev–Trinajstić information content (AvgIpc) is 2.34. The fourth-order valence-corrected chi connectivity index (χ4v) is 3.08. The molecule has 2 rings (SSSR count). The number of nitrogens with zero attached hydrogens (tertiary/aromatic N) is 2. The zero-order valence-corrected chi connectivity index (χ0v) is 10.5. The molecule has 2 heteroatoms. The molecule has 1 aliphatic carbocycles. The van der Waals surface area contributed by atoms with Gasteiger partial charge in [0.2, 0.25) is 0 Å². The molecular weight excluding hydrogens is 196 g/mol. The van der Waals surface area contributed by atoms with Gasteiger partial charge in [0.1, 0.15) is 0 Å². The van der Waals surface area contributed by atoms with Crippen LogP contribution in [0.4, 0.5) is 0 Å². The normalized spacial score (nSPS) is 27.5. The van der Waals surface area contributed by atoms with Crippen LogP contribution in [0.2, 0.25) is 0 Å². The molecule has 2 nitrogen and oxygen atoms in total. The van der Waals surface area contributed by atoms with E-state index in [2.05, 4.69) is 17.9 Å². The molecule has 0 aromatic rings. The van der Waals surface area contributed by atoms with Gasteiger partial charge in [-0.3, -0.25) is 0 Å². The van der Waals surface area contributed by atoms with Crippen molar-refractivity contribution in [1.82, 2.24) is 4.90 Å². The van der Waals surface area contributed by atoms with Crippen molar-refractivity contribution < 1.29 is 0 Å². The molecule has 0 spiro atoms. The first-order valence-corrected chi connectivity index (χ1v) is 6.85. The van der Waals surface area contributed by atoms with Crippen molar-refractivity contribution in [3.63, 3.8) is 0 Å². The Balaban J connectivity index is 1.75. The molecule has 0 amide bonds. The molecule has 2 fully saturated rings. The molecule has 0 radical (unpaired) electrons. The predicted molar refractivity (Wildman–Crippen MR) is 66.0 cm³/mol. The van der Waals surface area contributed by atoms with E-state index in [4.69, 9.17) is 5.26 Å². The van der Waals surface area contributed by atoms with E-state index >= 15 is 0 Å². The van der Waals surface area contributed by atoms with Crippen molar-refractivity contribution in [3.8, 4) is 6.07 Å². The average molecular weight is 220 g/mol. The first kappa shape index (κ1) is 11.9. The van der Waals surface area contributed by atoms with E-state index in [0.29, 0.717) is 0 Å². The van der Waals surface area contributed by atoms with Crippen LogP contribution < -0.4 is 0 Å². The van der Waals surface area contributed by atoms with E-state index in [1.165, 1.54) is 38.6 Å². The minimum atomic E-state index is -0.0386. The van der Waals surface area contributed by atoms with Gasteiger partial charge in [-0.15, -0.1) is 0 Å². The van der Waals surface area contributed by atoms with Gasteiger partial charge in [-0.25, -0.2) is 0 Å². The number of likely N-dealkylation sites (tertiary alicyclic amines) is 1. The highest BCUT2D eigenvalue weighted by Gasteiger charge is 2.30. The Bertz CT molecular complexity index is 252. The molecular formula is C14H24N2. The SMILES string of the molecule is CC1(C#N)CCN(CC2CCCCC2)CC1. The summed E-state index contributed by atoms with van der Waals surface area (Å²) in [4.78, 5) is 2.59. The van der Waals surface area contributed by atoms with Crippen molar-refractivity contribution in [1.29, 1.82) is 5.26 Å². The minimum absolute atomic E-state index is 0.0386. The number of rotatable bonds is 2. The first-order valence-electron chi connectivity index (χ1n) is 6.85. The molecule has 0 aromatic heterocycles. The lowest BCUT2D eigenvalue weighted by Crippen LogP contribution is -2.40. The highest BCUT2D eigenvalue weighted by molar-refractivity contribution is 4.98. The van der Waals surface area contributed by atoms with Gasteiger partial charge in [-0.05, 0) is 51.6 Å². The Morgan fingerprint density at radius 3 is 2.38 bits per heavy atom. The second kappa shape index (κ2) is 5.19. The minimum Gasteiger partial charge on any atom is -0.303 e. The highest BCUT2D eigenvalue weighted by Crippen LogP contribution is 2.31. The van der Waals surface area contributed by atoms with Crippen LogP contribution in [-0.4, -0.2) is 24.5 Å². The fourth-order valence-electron chi connectivity index (χ4n) is 3.08. The highest BCUT2D eigenvalue weighted by atomic mass is 15.1. The third-order valence-corrected chi connectivity index (χ3v) is 4.47. The quantitative estimate of drug-likeness (QED) is 0.714. The standard InChI is InChI=1S/C14H24N2/c1-14(12-15)7-9-16(10-8-14)11-13-5-3-2-4-6-13/h13H,2-11H2,1H3. The Labute approximate surface area is 99.6 Å². The zero-order chi connectivity index (χ0) is 11.4. The molecule has 1 saturated carbocycles. The van der Waals surface area contributed by atoms with Crippen molar-refractivity contribution in [2.45, 2.75) is 51.9 Å². The molecule has 1 heterocycles. The molecule has 0 unspecified atom stereocenters. The van der Waals surface area contributed by atoms with Crippen LogP contribution >= 0.6 is 0 Å². The smallest absolute Gasteiger partial charge is 0.0687 e. The van der Waals surface area contributed by atoms with Crippen LogP contribution in [-0.2, 0) is 0 Å². The Hall–Kier alpha value is -0.550. The van der Waals surface area contributed by atoms with Gasteiger partial charge in [0.15, 0.2) is 0 Å². The van der Waals surface area contributed by atoms with Crippen molar-refractivity contribution >= 4 is 0 Å². The molecule has 1 saturated heterocycles. The molecule has 1 aliphatic heterocycles. The van der Waals surface area contributed by atoms with Crippen molar-refractivity contribution in [3.05, 3.63) is 0 Å². The lowest BCUT2D eigenvalue weighted by Gasteiger charge is -2.37. The molecule has 16 heavy (non-hydrogen) atoms. The molecule has 0 bridgehead atoms. The van der Waals surface area contributed by atoms with Crippen LogP contribution in [0.5, 0.6) is 0 Å². The van der Waals surface area contributed by atoms with E-state index in [1.807, 2.05) is 0 Å². The maximum absolute atomic E-state index is 9.09. The summed E-state index contributed by atoms with van der Waals surface area (Å²) in [6, 6.07) is 2.48. The number of piperidine rings is 1. The number of nitriles is 1. The lowest BCUT2D eigenvalue weighted by atomic mass is 9.81. The monoisotopic (exact) mass is 220 g/mol. The summed E-state index contributed by atoms with van der Waals surface area (Å²) in [6.07, 6.45) is 9.33. The van der Waals surface area contributed by atoms with E-state index in [1.54, 1.807) is 0 Å². The molecule has 0 aromatic carbocycles. The third kappa shape index (κ3) is 2.98. The maximum atomic E-state index is 9.09. The van der Waals surface area contributed by atoms with Crippen molar-refractivity contribution in [2.24, 2.45) is 11.3 Å². The van der Waals surface area contributed by atoms with E-state index in [9.17, 15) is 0 Å². The third-order valence-electron chi connectivity index (χ3n) is 4.47. The van der Waals surface area contributed by atoms with E-state index in [0.717, 1.165) is 31.8 Å². The topological polar surface area (TPSA) is 27.0 Å². The number of hydrogen-bond donors (Lipinski definition) is 0. The van der Waals surface area contributed by atoms with Crippen LogP contribution in [0, 0.1) is 22.7 Å². The second-order valence-corrected chi connectivity index (χ2v) is 5.98. The summed E-state index contributed by atoms with van der Waals surface area (Å²) >= 11 is 0. The zero-order valence-electron chi connectivity index (χ0n) is 10.5. The maximum Gasteiger partial charge on any atom is 0.0687 e. The van der Waals surface area contributed by atoms with Crippen LogP contribution in [0.3, 0.4) is 0 Å². The largest absolute Gasteiger partial charge is 0.303 e. The summed E-state index contributed by atoms with van der Waals surface area (Å²) in [5.41, 5.74) is -0.0386. The molecule has 90 valence electrons.